The molecule has 0 N–H and O–H groups in total. The minimum Gasteiger partial charge on any atom is -0.251 e. The van der Waals surface area contributed by atoms with Crippen LogP contribution in [-0.4, -0.2) is 25.7 Å². The van der Waals surface area contributed by atoms with Gasteiger partial charge in [-0.3, -0.25) is 9.97 Å². The van der Waals surface area contributed by atoms with Crippen molar-refractivity contribution in [3.05, 3.63) is 59.2 Å². The fraction of sp³-hybridized carbons (Fsp3) is 0.500. The van der Waals surface area contributed by atoms with E-state index in [9.17, 15) is 30.6 Å². The lowest BCUT2D eigenvalue weighted by molar-refractivity contribution is -0.142. The smallest absolute Gasteiger partial charge is 0.251 e. The first kappa shape index (κ1) is 34.0. The fourth-order valence-electron chi connectivity index (χ4n) is 4.07. The molecule has 0 bridgehead atoms. The summed E-state index contributed by atoms with van der Waals surface area (Å²) < 4.78 is 93.9. The van der Waals surface area contributed by atoms with Gasteiger partial charge in [0, 0.05) is 30.6 Å². The summed E-state index contributed by atoms with van der Waals surface area (Å²) in [5.74, 6) is 1.13. The standard InChI is InChI=1S/C11H10F3N3OS.C11H10F3N3S.2CH4.H2/c12-11(13,14)10-4-3-8(6-16-10)9-2-1-5-19(9,18)17-7-15;12-11(13,14)10-4-3-8(6-16-10)9-2-1-5-18(9)17-7-15;;;/h3-4,6,9H,1-2,5H2;3-4,6,9H,1-2,5H2;2*1H4;1H/i;;;;1+1. The number of nitriles is 2. The molecule has 4 heterocycles. The second kappa shape index (κ2) is 13.8. The molecule has 2 aromatic heterocycles. The minimum absolute atomic E-state index is 0. The van der Waals surface area contributed by atoms with Crippen molar-refractivity contribution in [2.24, 2.45) is 8.73 Å². The zero-order chi connectivity index (χ0) is 27.3. The van der Waals surface area contributed by atoms with Crippen molar-refractivity contribution in [3.8, 4) is 12.4 Å². The molecule has 2 saturated heterocycles. The highest BCUT2D eigenvalue weighted by molar-refractivity contribution is 7.94. The Morgan fingerprint density at radius 2 is 1.46 bits per heavy atom. The fourth-order valence-corrected chi connectivity index (χ4v) is 8.35. The summed E-state index contributed by atoms with van der Waals surface area (Å²) >= 11 is 0. The molecule has 0 spiro atoms. The molecule has 15 heteroatoms. The molecule has 4 atom stereocenters. The quantitative estimate of drug-likeness (QED) is 0.261. The van der Waals surface area contributed by atoms with E-state index in [1.807, 2.05) is 0 Å². The van der Waals surface area contributed by atoms with E-state index in [1.54, 1.807) is 6.19 Å². The first-order chi connectivity index (χ1) is 17.4. The van der Waals surface area contributed by atoms with E-state index in [-0.39, 0.29) is 21.5 Å². The molecule has 0 amide bonds. The van der Waals surface area contributed by atoms with Crippen molar-refractivity contribution in [2.45, 2.75) is 63.4 Å². The third-order valence-electron chi connectivity index (χ3n) is 5.75. The Bertz CT molecular complexity index is 1340. The normalized spacial score (nSPS) is 24.3. The molecule has 216 valence electrons. The van der Waals surface area contributed by atoms with Crippen LogP contribution in [0.2, 0.25) is 0 Å². The molecular weight excluding hydrogens is 566 g/mol. The van der Waals surface area contributed by atoms with Crippen LogP contribution in [0.3, 0.4) is 0 Å². The Hall–Kier alpha value is -3.04. The molecule has 2 fully saturated rings. The number of pyridine rings is 2. The first-order valence-electron chi connectivity index (χ1n) is 10.9. The first-order valence-corrected chi connectivity index (χ1v) is 14.0. The van der Waals surface area contributed by atoms with Gasteiger partial charge < -0.3 is 0 Å². The van der Waals surface area contributed by atoms with Gasteiger partial charge in [-0.15, -0.1) is 4.36 Å². The largest absolute Gasteiger partial charge is 0.433 e. The van der Waals surface area contributed by atoms with Crippen LogP contribution in [0.25, 0.3) is 0 Å². The highest BCUT2D eigenvalue weighted by Crippen LogP contribution is 2.37. The van der Waals surface area contributed by atoms with Crippen molar-refractivity contribution in [1.82, 2.24) is 9.97 Å². The lowest BCUT2D eigenvalue weighted by atomic mass is 10.1. The molecule has 0 aromatic carbocycles. The van der Waals surface area contributed by atoms with Crippen LogP contribution in [0.15, 0.2) is 45.4 Å². The Morgan fingerprint density at radius 3 is 1.92 bits per heavy atom. The van der Waals surface area contributed by atoms with Gasteiger partial charge in [0.05, 0.1) is 15.0 Å². The molecule has 7 nitrogen and oxygen atoms in total. The van der Waals surface area contributed by atoms with Crippen LogP contribution < -0.4 is 0 Å². The van der Waals surface area contributed by atoms with Crippen molar-refractivity contribution in [3.63, 3.8) is 0 Å². The summed E-state index contributed by atoms with van der Waals surface area (Å²) in [6, 6.07) is 4.55. The predicted molar refractivity (Wildman–Crippen MR) is 139 cm³/mol. The third kappa shape index (κ3) is 8.47. The zero-order valence-corrected chi connectivity index (χ0v) is 20.7. The van der Waals surface area contributed by atoms with Crippen molar-refractivity contribution in [1.29, 1.82) is 10.5 Å². The van der Waals surface area contributed by atoms with Crippen LogP contribution in [0.1, 0.15) is 75.0 Å². The molecule has 2 aliphatic rings. The average molecular weight is 598 g/mol. The summed E-state index contributed by atoms with van der Waals surface area (Å²) in [4.78, 5) is 6.79. The molecule has 2 aromatic rings. The van der Waals surface area contributed by atoms with Gasteiger partial charge in [0.15, 0.2) is 0 Å². The highest BCUT2D eigenvalue weighted by Gasteiger charge is 2.35. The topological polar surface area (TPSA) is 115 Å². The van der Waals surface area contributed by atoms with Gasteiger partial charge in [-0.2, -0.15) is 41.2 Å². The third-order valence-corrected chi connectivity index (χ3v) is 10.6. The Balaban J connectivity index is 0.000000708. The van der Waals surface area contributed by atoms with E-state index in [0.29, 0.717) is 24.2 Å². The number of hydrogen-bond donors (Lipinski definition) is 0. The predicted octanol–water partition coefficient (Wildman–Crippen LogP) is 7.62. The van der Waals surface area contributed by atoms with E-state index in [0.717, 1.165) is 42.5 Å². The van der Waals surface area contributed by atoms with E-state index < -0.39 is 49.4 Å². The summed E-state index contributed by atoms with van der Waals surface area (Å²) in [5, 5.41) is 16.6. The molecule has 0 aliphatic carbocycles. The second-order valence-corrected chi connectivity index (χ2v) is 12.6. The van der Waals surface area contributed by atoms with Gasteiger partial charge in [-0.1, -0.05) is 37.7 Å². The van der Waals surface area contributed by atoms with Gasteiger partial charge in [0.1, 0.15) is 11.4 Å². The van der Waals surface area contributed by atoms with Crippen LogP contribution >= 0.6 is 0 Å². The lowest BCUT2D eigenvalue weighted by Gasteiger charge is -2.13. The Morgan fingerprint density at radius 1 is 0.897 bits per heavy atom. The highest BCUT2D eigenvalue weighted by atomic mass is 32.2. The Labute approximate surface area is 228 Å². The van der Waals surface area contributed by atoms with E-state index in [2.05, 4.69) is 18.7 Å². The van der Waals surface area contributed by atoms with Gasteiger partial charge in [0.25, 0.3) is 0 Å². The number of halogens is 6. The number of alkyl halides is 6. The van der Waals surface area contributed by atoms with Crippen molar-refractivity contribution >= 4 is 20.4 Å². The van der Waals surface area contributed by atoms with Gasteiger partial charge in [-0.25, -0.2) is 4.21 Å². The molecule has 39 heavy (non-hydrogen) atoms. The maximum absolute atomic E-state index is 12.4. The van der Waals surface area contributed by atoms with Crippen LogP contribution in [0.5, 0.6) is 0 Å². The van der Waals surface area contributed by atoms with Gasteiger partial charge >= 0.3 is 12.4 Å². The van der Waals surface area contributed by atoms with Crippen LogP contribution in [0.4, 0.5) is 26.3 Å². The molecular formula is C24H30F6N6OS2. The van der Waals surface area contributed by atoms with E-state index >= 15 is 0 Å². The summed E-state index contributed by atoms with van der Waals surface area (Å²) in [5.41, 5.74) is -0.698. The minimum atomic E-state index is -4.49. The number of aromatic nitrogens is 2. The lowest BCUT2D eigenvalue weighted by Crippen LogP contribution is -2.11. The number of rotatable bonds is 2. The van der Waals surface area contributed by atoms with Gasteiger partial charge in [0.2, 0.25) is 12.4 Å². The van der Waals surface area contributed by atoms with Crippen molar-refractivity contribution < 1.29 is 32.0 Å². The summed E-state index contributed by atoms with van der Waals surface area (Å²) in [6.45, 7) is 0. The molecule has 4 rings (SSSR count). The van der Waals surface area contributed by atoms with Crippen LogP contribution in [0, 0.1) is 22.9 Å². The molecule has 0 radical (unpaired) electrons. The Kier molecular flexibility index (Phi) is 12.1. The molecule has 2 aliphatic heterocycles. The van der Waals surface area contributed by atoms with E-state index in [4.69, 9.17) is 10.5 Å². The molecule has 4 unspecified atom stereocenters. The average Bonchev–Trinajstić information content (AvgIpc) is 3.45. The maximum atomic E-state index is 12.4. The maximum Gasteiger partial charge on any atom is 0.433 e. The van der Waals surface area contributed by atoms with E-state index in [1.165, 1.54) is 24.5 Å². The second-order valence-electron chi connectivity index (χ2n) is 8.09. The van der Waals surface area contributed by atoms with Crippen molar-refractivity contribution in [2.75, 3.05) is 11.5 Å². The zero-order valence-electron chi connectivity index (χ0n) is 19.0. The SMILES string of the molecule is C.C.N#CN=S1(=O)CCCC1c1ccc(C(F)(F)F)nc1.N#CN=S1CCCC1c1ccc(C(F)(F)F)nc1.[2HH]. The monoisotopic (exact) mass is 597 g/mol. The van der Waals surface area contributed by atoms with Crippen LogP contribution in [-0.2, 0) is 32.8 Å². The summed E-state index contributed by atoms with van der Waals surface area (Å²) in [7, 11) is -3.10. The summed E-state index contributed by atoms with van der Waals surface area (Å²) in [6.07, 6.45) is -0.290. The molecule has 0 saturated carbocycles. The number of nitrogens with zero attached hydrogens (tertiary/aromatic N) is 6. The van der Waals surface area contributed by atoms with Gasteiger partial charge in [-0.05, 0) is 48.9 Å². The number of hydrogen-bond acceptors (Lipinski definition) is 7.